The molecule has 1 N–H and O–H groups in total. The summed E-state index contributed by atoms with van der Waals surface area (Å²) in [7, 11) is 0. The number of carbonyl (C=O) groups is 1. The predicted octanol–water partition coefficient (Wildman–Crippen LogP) is 2.09. The van der Waals surface area contributed by atoms with Gasteiger partial charge in [0.25, 0.3) is 5.56 Å². The Bertz CT molecular complexity index is 738. The van der Waals surface area contributed by atoms with Crippen LogP contribution in [0.1, 0.15) is 32.6 Å². The molecule has 116 valence electrons. The molecule has 0 spiro atoms. The molecule has 0 bridgehead atoms. The fourth-order valence-electron chi connectivity index (χ4n) is 3.21. The Morgan fingerprint density at radius 1 is 1.36 bits per heavy atom. The molecular formula is C17H21N3O2. The van der Waals surface area contributed by atoms with Gasteiger partial charge in [-0.3, -0.25) is 9.59 Å². The van der Waals surface area contributed by atoms with Crippen molar-refractivity contribution in [2.75, 3.05) is 0 Å². The van der Waals surface area contributed by atoms with E-state index in [0.29, 0.717) is 11.3 Å². The van der Waals surface area contributed by atoms with Crippen molar-refractivity contribution >= 4 is 16.7 Å². The summed E-state index contributed by atoms with van der Waals surface area (Å²) < 4.78 is 1.24. The molecule has 3 rings (SSSR count). The van der Waals surface area contributed by atoms with E-state index in [9.17, 15) is 9.59 Å². The van der Waals surface area contributed by atoms with E-state index in [1.54, 1.807) is 12.3 Å². The second-order valence-electron chi connectivity index (χ2n) is 6.23. The molecule has 1 amide bonds. The molecule has 0 radical (unpaired) electrons. The van der Waals surface area contributed by atoms with E-state index in [2.05, 4.69) is 17.3 Å². The smallest absolute Gasteiger partial charge is 0.275 e. The molecule has 2 atom stereocenters. The third-order valence-corrected chi connectivity index (χ3v) is 4.36. The van der Waals surface area contributed by atoms with E-state index >= 15 is 0 Å². The second-order valence-corrected chi connectivity index (χ2v) is 6.23. The summed E-state index contributed by atoms with van der Waals surface area (Å²) in [5.41, 5.74) is -0.217. The molecule has 5 nitrogen and oxygen atoms in total. The molecular weight excluding hydrogens is 278 g/mol. The number of rotatable bonds is 3. The highest BCUT2D eigenvalue weighted by atomic mass is 16.2. The van der Waals surface area contributed by atoms with Gasteiger partial charge in [-0.15, -0.1) is 0 Å². The van der Waals surface area contributed by atoms with Gasteiger partial charge in [-0.1, -0.05) is 38.0 Å². The van der Waals surface area contributed by atoms with Crippen LogP contribution in [0.15, 0.2) is 35.3 Å². The Labute approximate surface area is 129 Å². The minimum Gasteiger partial charge on any atom is -0.352 e. The van der Waals surface area contributed by atoms with Crippen LogP contribution in [0.5, 0.6) is 0 Å². The van der Waals surface area contributed by atoms with E-state index in [4.69, 9.17) is 0 Å². The van der Waals surface area contributed by atoms with Gasteiger partial charge in [-0.2, -0.15) is 5.10 Å². The first-order valence-electron chi connectivity index (χ1n) is 7.87. The van der Waals surface area contributed by atoms with Crippen LogP contribution in [0.3, 0.4) is 0 Å². The lowest BCUT2D eigenvalue weighted by molar-refractivity contribution is -0.122. The Kier molecular flexibility index (Phi) is 4.22. The maximum Gasteiger partial charge on any atom is 0.275 e. The molecule has 1 aromatic carbocycles. The zero-order valence-corrected chi connectivity index (χ0v) is 12.8. The standard InChI is InChI=1S/C17H21N3O2/c1-12-5-4-7-14(9-12)19-16(21)11-20-17(22)15-8-3-2-6-13(15)10-18-20/h2-3,6,8,10,12,14H,4-5,7,9,11H2,1H3,(H,19,21). The van der Waals surface area contributed by atoms with Crippen LogP contribution in [-0.4, -0.2) is 21.7 Å². The maximum atomic E-state index is 12.3. The summed E-state index contributed by atoms with van der Waals surface area (Å²) in [5, 5.41) is 8.52. The van der Waals surface area contributed by atoms with Crippen LogP contribution in [0.2, 0.25) is 0 Å². The van der Waals surface area contributed by atoms with Crippen molar-refractivity contribution in [2.45, 2.75) is 45.2 Å². The fraction of sp³-hybridized carbons (Fsp3) is 0.471. The highest BCUT2D eigenvalue weighted by Gasteiger charge is 2.20. The molecule has 5 heteroatoms. The minimum atomic E-state index is -0.217. The molecule has 1 heterocycles. The molecule has 1 aliphatic carbocycles. The molecule has 1 aliphatic rings. The van der Waals surface area contributed by atoms with Crippen molar-refractivity contribution in [3.63, 3.8) is 0 Å². The summed E-state index contributed by atoms with van der Waals surface area (Å²) in [6.07, 6.45) is 6.06. The highest BCUT2D eigenvalue weighted by Crippen LogP contribution is 2.23. The topological polar surface area (TPSA) is 64.0 Å². The lowest BCUT2D eigenvalue weighted by Gasteiger charge is -2.27. The number of carbonyl (C=O) groups excluding carboxylic acids is 1. The lowest BCUT2D eigenvalue weighted by atomic mass is 9.87. The van der Waals surface area contributed by atoms with Crippen molar-refractivity contribution in [1.29, 1.82) is 0 Å². The molecule has 22 heavy (non-hydrogen) atoms. The monoisotopic (exact) mass is 299 g/mol. The van der Waals surface area contributed by atoms with Crippen LogP contribution in [0, 0.1) is 5.92 Å². The quantitative estimate of drug-likeness (QED) is 0.944. The Balaban J connectivity index is 1.71. The largest absolute Gasteiger partial charge is 0.352 e. The van der Waals surface area contributed by atoms with Gasteiger partial charge in [-0.25, -0.2) is 4.68 Å². The average Bonchev–Trinajstić information content (AvgIpc) is 2.50. The van der Waals surface area contributed by atoms with Gasteiger partial charge in [-0.05, 0) is 24.8 Å². The summed E-state index contributed by atoms with van der Waals surface area (Å²) in [6, 6.07) is 7.52. The van der Waals surface area contributed by atoms with Crippen LogP contribution in [0.25, 0.3) is 10.8 Å². The zero-order valence-electron chi connectivity index (χ0n) is 12.8. The molecule has 2 aromatic rings. The number of aromatic nitrogens is 2. The van der Waals surface area contributed by atoms with Gasteiger partial charge in [0.1, 0.15) is 6.54 Å². The molecule has 1 aromatic heterocycles. The first kappa shape index (κ1) is 14.8. The number of nitrogens with one attached hydrogen (secondary N) is 1. The second kappa shape index (κ2) is 6.30. The van der Waals surface area contributed by atoms with Gasteiger partial charge >= 0.3 is 0 Å². The molecule has 1 saturated carbocycles. The van der Waals surface area contributed by atoms with Crippen molar-refractivity contribution in [1.82, 2.24) is 15.1 Å². The Morgan fingerprint density at radius 2 is 2.18 bits per heavy atom. The Morgan fingerprint density at radius 3 is 3.00 bits per heavy atom. The fourth-order valence-corrected chi connectivity index (χ4v) is 3.21. The third kappa shape index (κ3) is 3.18. The van der Waals surface area contributed by atoms with Crippen molar-refractivity contribution in [3.8, 4) is 0 Å². The Hall–Kier alpha value is -2.17. The minimum absolute atomic E-state index is 0.0193. The van der Waals surface area contributed by atoms with E-state index in [0.717, 1.165) is 24.6 Å². The summed E-state index contributed by atoms with van der Waals surface area (Å²) in [4.78, 5) is 24.5. The van der Waals surface area contributed by atoms with Gasteiger partial charge in [0.15, 0.2) is 0 Å². The van der Waals surface area contributed by atoms with Crippen molar-refractivity contribution < 1.29 is 4.79 Å². The van der Waals surface area contributed by atoms with E-state index < -0.39 is 0 Å². The summed E-state index contributed by atoms with van der Waals surface area (Å²) in [5.74, 6) is 0.518. The normalized spacial score (nSPS) is 21.7. The SMILES string of the molecule is CC1CCCC(NC(=O)Cn2ncc3ccccc3c2=O)C1. The van der Waals surface area contributed by atoms with E-state index in [-0.39, 0.29) is 24.1 Å². The summed E-state index contributed by atoms with van der Waals surface area (Å²) >= 11 is 0. The van der Waals surface area contributed by atoms with E-state index in [1.165, 1.54) is 11.1 Å². The van der Waals surface area contributed by atoms with Gasteiger partial charge < -0.3 is 5.32 Å². The van der Waals surface area contributed by atoms with Crippen LogP contribution >= 0.6 is 0 Å². The average molecular weight is 299 g/mol. The van der Waals surface area contributed by atoms with Gasteiger partial charge in [0.05, 0.1) is 11.6 Å². The number of nitrogens with zero attached hydrogens (tertiary/aromatic N) is 2. The first-order chi connectivity index (χ1) is 10.6. The number of benzene rings is 1. The predicted molar refractivity (Wildman–Crippen MR) is 85.6 cm³/mol. The number of fused-ring (bicyclic) bond motifs is 1. The van der Waals surface area contributed by atoms with Gasteiger partial charge in [0.2, 0.25) is 5.91 Å². The number of amides is 1. The van der Waals surface area contributed by atoms with Crippen LogP contribution in [-0.2, 0) is 11.3 Å². The molecule has 0 saturated heterocycles. The first-order valence-corrected chi connectivity index (χ1v) is 7.87. The van der Waals surface area contributed by atoms with E-state index in [1.807, 2.05) is 18.2 Å². The van der Waals surface area contributed by atoms with Crippen LogP contribution < -0.4 is 10.9 Å². The third-order valence-electron chi connectivity index (χ3n) is 4.36. The zero-order chi connectivity index (χ0) is 15.5. The maximum absolute atomic E-state index is 12.3. The molecule has 0 aliphatic heterocycles. The van der Waals surface area contributed by atoms with Crippen LogP contribution in [0.4, 0.5) is 0 Å². The molecule has 1 fully saturated rings. The number of hydrogen-bond donors (Lipinski definition) is 1. The van der Waals surface area contributed by atoms with Crippen molar-refractivity contribution in [3.05, 3.63) is 40.8 Å². The summed E-state index contributed by atoms with van der Waals surface area (Å²) in [6.45, 7) is 2.20. The highest BCUT2D eigenvalue weighted by molar-refractivity contribution is 5.81. The van der Waals surface area contributed by atoms with Crippen molar-refractivity contribution in [2.24, 2.45) is 5.92 Å². The van der Waals surface area contributed by atoms with Gasteiger partial charge in [0, 0.05) is 11.4 Å². The lowest BCUT2D eigenvalue weighted by Crippen LogP contribution is -2.41. The molecule has 2 unspecified atom stereocenters. The number of hydrogen-bond acceptors (Lipinski definition) is 3.